The maximum absolute atomic E-state index is 12.4. The number of piperidine rings is 1. The number of nitrogens with zero attached hydrogens (tertiary/aromatic N) is 1. The van der Waals surface area contributed by atoms with E-state index in [4.69, 9.17) is 27.9 Å². The van der Waals surface area contributed by atoms with E-state index < -0.39 is 11.2 Å². The van der Waals surface area contributed by atoms with Gasteiger partial charge in [-0.3, -0.25) is 0 Å². The van der Waals surface area contributed by atoms with Crippen LogP contribution in [0.25, 0.3) is 0 Å². The number of ether oxygens (including phenoxy) is 1. The average Bonchev–Trinajstić information content (AvgIpc) is 2.81. The topological polar surface area (TPSA) is 49.8 Å². The predicted octanol–water partition coefficient (Wildman–Crippen LogP) is 5.15. The molecule has 8 heteroatoms. The first kappa shape index (κ1) is 36.5. The van der Waals surface area contributed by atoms with Gasteiger partial charge in [0.1, 0.15) is 5.60 Å². The molecule has 2 aromatic carbocycles. The average molecular weight is 652 g/mol. The Bertz CT molecular complexity index is 1010. The molecule has 1 saturated carbocycles. The minimum atomic E-state index is -0.825. The van der Waals surface area contributed by atoms with Gasteiger partial charge in [0, 0.05) is 18.1 Å². The number of carbonyl (C=O) groups is 1. The Kier molecular flexibility index (Phi) is 14.7. The van der Waals surface area contributed by atoms with Crippen molar-refractivity contribution in [2.75, 3.05) is 13.1 Å². The molecule has 4 nitrogen and oxygen atoms in total. The number of aliphatic hydroxyl groups is 1. The molecule has 1 aliphatic carbocycles. The van der Waals surface area contributed by atoms with Crippen molar-refractivity contribution in [3.63, 3.8) is 0 Å². The SMILES string of the molecule is CC1(C)CCC(CC2CCN(C(=O)OC(C)(C)C)CC2)C(O)(c2ccc(Cl)cc2)C1.Clc1cc[c-]cc1.[Br-].[Mg+2]. The van der Waals surface area contributed by atoms with Gasteiger partial charge in [-0.1, -0.05) is 42.6 Å². The summed E-state index contributed by atoms with van der Waals surface area (Å²) in [6.07, 6.45) is 5.65. The number of rotatable bonds is 3. The third-order valence-corrected chi connectivity index (χ3v) is 8.00. The Morgan fingerprint density at radius 1 is 1.03 bits per heavy atom. The van der Waals surface area contributed by atoms with Crippen LogP contribution in [0.2, 0.25) is 10.0 Å². The summed E-state index contributed by atoms with van der Waals surface area (Å²) in [6, 6.07) is 17.7. The van der Waals surface area contributed by atoms with Gasteiger partial charge in [-0.15, -0.1) is 11.6 Å². The summed E-state index contributed by atoms with van der Waals surface area (Å²) in [6.45, 7) is 11.7. The second-order valence-corrected chi connectivity index (χ2v) is 13.2. The fourth-order valence-corrected chi connectivity index (χ4v) is 5.85. The van der Waals surface area contributed by atoms with E-state index in [1.807, 2.05) is 49.9 Å². The Hall–Kier alpha value is -0.504. The van der Waals surface area contributed by atoms with E-state index in [1.54, 1.807) is 24.3 Å². The molecule has 2 fully saturated rings. The molecule has 1 N–H and O–H groups in total. The molecule has 0 radical (unpaired) electrons. The number of hydrogen-bond donors (Lipinski definition) is 1. The summed E-state index contributed by atoms with van der Waals surface area (Å²) in [5.41, 5.74) is -0.187. The van der Waals surface area contributed by atoms with Crippen LogP contribution in [-0.4, -0.2) is 57.8 Å². The van der Waals surface area contributed by atoms with Gasteiger partial charge in [0.2, 0.25) is 0 Å². The monoisotopic (exact) mass is 649 g/mol. The first-order valence-electron chi connectivity index (χ1n) is 13.4. The molecule has 1 aliphatic heterocycles. The number of carbonyl (C=O) groups excluding carboxylic acids is 1. The van der Waals surface area contributed by atoms with Crippen LogP contribution in [0.4, 0.5) is 4.79 Å². The van der Waals surface area contributed by atoms with Crippen molar-refractivity contribution in [3.8, 4) is 0 Å². The first-order valence-corrected chi connectivity index (χ1v) is 14.1. The smallest absolute Gasteiger partial charge is 1.00 e. The van der Waals surface area contributed by atoms with E-state index in [0.29, 0.717) is 10.9 Å². The van der Waals surface area contributed by atoms with Crippen molar-refractivity contribution in [1.82, 2.24) is 4.90 Å². The Balaban J connectivity index is 0.000000736. The molecule has 2 unspecified atom stereocenters. The minimum Gasteiger partial charge on any atom is -1.00 e. The van der Waals surface area contributed by atoms with E-state index in [-0.39, 0.29) is 57.5 Å². The van der Waals surface area contributed by atoms with Crippen LogP contribution in [-0.2, 0) is 10.3 Å². The van der Waals surface area contributed by atoms with Crippen LogP contribution in [0.3, 0.4) is 0 Å². The zero-order chi connectivity index (χ0) is 27.3. The fourth-order valence-electron chi connectivity index (χ4n) is 5.60. The van der Waals surface area contributed by atoms with Gasteiger partial charge in [0.15, 0.2) is 0 Å². The minimum absolute atomic E-state index is 0. The molecule has 2 aromatic rings. The van der Waals surface area contributed by atoms with Crippen LogP contribution < -0.4 is 17.0 Å². The standard InChI is InChI=1S/C25H38ClNO3.C6H4Cl.BrH.Mg/c1-23(2,3)30-22(28)27-14-11-18(12-15-27)16-20-10-13-24(4,5)17-25(20,29)19-6-8-21(26)9-7-19;7-6-4-2-1-3-5-6;;/h6-9,18,20,29H,10-17H2,1-5H3;2-5H;1H;/q;-1;;+2/p-1. The second kappa shape index (κ2) is 15.6. The van der Waals surface area contributed by atoms with Crippen LogP contribution in [0.1, 0.15) is 78.7 Å². The zero-order valence-electron chi connectivity index (χ0n) is 24.0. The summed E-state index contributed by atoms with van der Waals surface area (Å²) in [5, 5.41) is 13.4. The molecular weight excluding hydrogens is 609 g/mol. The summed E-state index contributed by atoms with van der Waals surface area (Å²) >= 11 is 11.6. The van der Waals surface area contributed by atoms with Gasteiger partial charge in [-0.2, -0.15) is 30.3 Å². The number of likely N-dealkylation sites (tertiary alicyclic amines) is 1. The maximum Gasteiger partial charge on any atom is 2.00 e. The van der Waals surface area contributed by atoms with E-state index in [1.165, 1.54) is 0 Å². The number of halogens is 3. The Morgan fingerprint density at radius 2 is 1.56 bits per heavy atom. The van der Waals surface area contributed by atoms with Crippen molar-refractivity contribution in [1.29, 1.82) is 0 Å². The van der Waals surface area contributed by atoms with Gasteiger partial charge in [0.05, 0.1) is 5.60 Å². The van der Waals surface area contributed by atoms with Crippen molar-refractivity contribution in [2.45, 2.75) is 84.3 Å². The molecule has 1 heterocycles. The van der Waals surface area contributed by atoms with E-state index in [2.05, 4.69) is 19.9 Å². The summed E-state index contributed by atoms with van der Waals surface area (Å²) in [5.74, 6) is 0.749. The van der Waals surface area contributed by atoms with E-state index >= 15 is 0 Å². The van der Waals surface area contributed by atoms with Gasteiger partial charge < -0.3 is 31.7 Å². The molecule has 0 aromatic heterocycles. The number of benzene rings is 2. The molecule has 0 bridgehead atoms. The summed E-state index contributed by atoms with van der Waals surface area (Å²) in [7, 11) is 0. The largest absolute Gasteiger partial charge is 2.00 e. The fraction of sp³-hybridized carbons (Fsp3) is 0.581. The summed E-state index contributed by atoms with van der Waals surface area (Å²) < 4.78 is 5.52. The molecule has 2 atom stereocenters. The normalized spacial score (nSPS) is 22.9. The maximum atomic E-state index is 12.4. The molecule has 1 amide bonds. The second-order valence-electron chi connectivity index (χ2n) is 12.4. The Labute approximate surface area is 272 Å². The predicted molar refractivity (Wildman–Crippen MR) is 158 cm³/mol. The molecular formula is C31H42BrCl2MgNO3. The molecule has 1 saturated heterocycles. The van der Waals surface area contributed by atoms with Crippen molar-refractivity contribution >= 4 is 52.3 Å². The molecule has 4 rings (SSSR count). The van der Waals surface area contributed by atoms with Gasteiger partial charge in [-0.05, 0) is 94.2 Å². The van der Waals surface area contributed by atoms with Crippen molar-refractivity contribution in [2.24, 2.45) is 17.3 Å². The number of amides is 1. The Morgan fingerprint density at radius 3 is 2.05 bits per heavy atom. The quantitative estimate of drug-likeness (QED) is 0.369. The van der Waals surface area contributed by atoms with E-state index in [9.17, 15) is 9.90 Å². The molecule has 212 valence electrons. The van der Waals surface area contributed by atoms with Gasteiger partial charge in [-0.25, -0.2) is 4.79 Å². The third-order valence-electron chi connectivity index (χ3n) is 7.50. The van der Waals surface area contributed by atoms with Crippen LogP contribution >= 0.6 is 23.2 Å². The van der Waals surface area contributed by atoms with Gasteiger partial charge in [0.25, 0.3) is 0 Å². The van der Waals surface area contributed by atoms with Crippen LogP contribution in [0.15, 0.2) is 48.5 Å². The molecule has 2 aliphatic rings. The van der Waals surface area contributed by atoms with Crippen LogP contribution in [0, 0.1) is 23.3 Å². The van der Waals surface area contributed by atoms with E-state index in [0.717, 1.165) is 62.2 Å². The van der Waals surface area contributed by atoms with Crippen molar-refractivity contribution < 1.29 is 31.6 Å². The number of hydrogen-bond acceptors (Lipinski definition) is 3. The zero-order valence-corrected chi connectivity index (χ0v) is 28.5. The van der Waals surface area contributed by atoms with Gasteiger partial charge >= 0.3 is 29.1 Å². The third kappa shape index (κ3) is 11.4. The summed E-state index contributed by atoms with van der Waals surface area (Å²) in [4.78, 5) is 14.2. The molecule has 39 heavy (non-hydrogen) atoms. The van der Waals surface area contributed by atoms with Crippen LogP contribution in [0.5, 0.6) is 0 Å². The molecule has 0 spiro atoms. The van der Waals surface area contributed by atoms with Crippen molar-refractivity contribution in [3.05, 3.63) is 70.2 Å². The first-order chi connectivity index (χ1) is 17.3.